The van der Waals surface area contributed by atoms with Gasteiger partial charge in [-0.3, -0.25) is 4.79 Å². The van der Waals surface area contributed by atoms with Crippen LogP contribution in [0.4, 0.5) is 5.69 Å². The lowest BCUT2D eigenvalue weighted by Crippen LogP contribution is -2.45. The van der Waals surface area contributed by atoms with Gasteiger partial charge in [-0.25, -0.2) is 0 Å². The van der Waals surface area contributed by atoms with Crippen molar-refractivity contribution >= 4 is 11.6 Å². The van der Waals surface area contributed by atoms with E-state index in [0.717, 1.165) is 31.4 Å². The van der Waals surface area contributed by atoms with Gasteiger partial charge in [-0.1, -0.05) is 18.2 Å². The van der Waals surface area contributed by atoms with Crippen LogP contribution in [0.2, 0.25) is 0 Å². The summed E-state index contributed by atoms with van der Waals surface area (Å²) in [5.41, 5.74) is 9.60. The summed E-state index contributed by atoms with van der Waals surface area (Å²) in [4.78, 5) is 17.1. The SMILES string of the molecule is CC1Cc2ccccc2N1Cc1ccoc1C(=O)N1CCCC(N)C1. The van der Waals surface area contributed by atoms with E-state index >= 15 is 0 Å². The summed E-state index contributed by atoms with van der Waals surface area (Å²) in [6, 6.07) is 10.9. The van der Waals surface area contributed by atoms with E-state index in [0.29, 0.717) is 24.9 Å². The molecule has 1 aromatic heterocycles. The molecule has 1 amide bonds. The fourth-order valence-electron chi connectivity index (χ4n) is 4.04. The zero-order chi connectivity index (χ0) is 17.4. The fourth-order valence-corrected chi connectivity index (χ4v) is 4.04. The number of hydrogen-bond acceptors (Lipinski definition) is 4. The molecule has 5 nitrogen and oxygen atoms in total. The minimum Gasteiger partial charge on any atom is -0.459 e. The number of carbonyl (C=O) groups is 1. The number of anilines is 1. The molecule has 0 bridgehead atoms. The highest BCUT2D eigenvalue weighted by molar-refractivity contribution is 5.93. The normalized spacial score (nSPS) is 23.0. The van der Waals surface area contributed by atoms with Gasteiger partial charge in [0.15, 0.2) is 5.76 Å². The lowest BCUT2D eigenvalue weighted by atomic mass is 10.1. The first-order valence-electron chi connectivity index (χ1n) is 9.09. The van der Waals surface area contributed by atoms with Crippen LogP contribution in [0.5, 0.6) is 0 Å². The summed E-state index contributed by atoms with van der Waals surface area (Å²) in [7, 11) is 0. The van der Waals surface area contributed by atoms with Gasteiger partial charge in [-0.15, -0.1) is 0 Å². The second-order valence-electron chi connectivity index (χ2n) is 7.24. The number of para-hydroxylation sites is 1. The van der Waals surface area contributed by atoms with Crippen molar-refractivity contribution in [3.05, 3.63) is 53.5 Å². The fraction of sp³-hybridized carbons (Fsp3) is 0.450. The summed E-state index contributed by atoms with van der Waals surface area (Å²) in [6.07, 6.45) is 4.60. The second kappa shape index (κ2) is 6.56. The molecule has 0 saturated carbocycles. The number of benzene rings is 1. The zero-order valence-electron chi connectivity index (χ0n) is 14.6. The quantitative estimate of drug-likeness (QED) is 0.934. The molecule has 25 heavy (non-hydrogen) atoms. The molecule has 132 valence electrons. The van der Waals surface area contributed by atoms with Crippen molar-refractivity contribution in [3.8, 4) is 0 Å². The number of rotatable bonds is 3. The Morgan fingerprint density at radius 3 is 3.00 bits per heavy atom. The van der Waals surface area contributed by atoms with Crippen LogP contribution in [0.3, 0.4) is 0 Å². The molecule has 2 atom stereocenters. The minimum atomic E-state index is -0.0321. The van der Waals surface area contributed by atoms with Gasteiger partial charge < -0.3 is 20.0 Å². The largest absolute Gasteiger partial charge is 0.459 e. The zero-order valence-corrected chi connectivity index (χ0v) is 14.6. The van der Waals surface area contributed by atoms with E-state index in [4.69, 9.17) is 10.2 Å². The Morgan fingerprint density at radius 1 is 1.32 bits per heavy atom. The molecule has 4 rings (SSSR count). The lowest BCUT2D eigenvalue weighted by Gasteiger charge is -2.30. The highest BCUT2D eigenvalue weighted by Crippen LogP contribution is 2.33. The smallest absolute Gasteiger partial charge is 0.289 e. The molecule has 1 fully saturated rings. The molecule has 2 aliphatic heterocycles. The van der Waals surface area contributed by atoms with Crippen LogP contribution in [-0.4, -0.2) is 36.0 Å². The predicted octanol–water partition coefficient (Wildman–Crippen LogP) is 2.79. The summed E-state index contributed by atoms with van der Waals surface area (Å²) < 4.78 is 5.59. The monoisotopic (exact) mass is 339 g/mol. The molecule has 0 radical (unpaired) electrons. The van der Waals surface area contributed by atoms with Gasteiger partial charge in [0, 0.05) is 43.0 Å². The summed E-state index contributed by atoms with van der Waals surface area (Å²) >= 11 is 0. The van der Waals surface area contributed by atoms with Crippen molar-refractivity contribution in [1.29, 1.82) is 0 Å². The van der Waals surface area contributed by atoms with Gasteiger partial charge in [0.1, 0.15) is 0 Å². The first-order valence-corrected chi connectivity index (χ1v) is 9.09. The predicted molar refractivity (Wildman–Crippen MR) is 97.6 cm³/mol. The maximum Gasteiger partial charge on any atom is 0.289 e. The average molecular weight is 339 g/mol. The summed E-state index contributed by atoms with van der Waals surface area (Å²) in [5, 5.41) is 0. The molecule has 1 aromatic carbocycles. The molecule has 3 heterocycles. The Hall–Kier alpha value is -2.27. The molecule has 1 saturated heterocycles. The van der Waals surface area contributed by atoms with Crippen molar-refractivity contribution in [2.75, 3.05) is 18.0 Å². The van der Waals surface area contributed by atoms with Crippen LogP contribution in [0.15, 0.2) is 41.0 Å². The Morgan fingerprint density at radius 2 is 2.16 bits per heavy atom. The number of nitrogens with two attached hydrogens (primary N) is 1. The van der Waals surface area contributed by atoms with Crippen LogP contribution >= 0.6 is 0 Å². The number of fused-ring (bicyclic) bond motifs is 1. The number of hydrogen-bond donors (Lipinski definition) is 1. The molecule has 5 heteroatoms. The van der Waals surface area contributed by atoms with Crippen LogP contribution < -0.4 is 10.6 Å². The first-order chi connectivity index (χ1) is 12.1. The van der Waals surface area contributed by atoms with Crippen molar-refractivity contribution in [2.24, 2.45) is 5.73 Å². The molecule has 2 unspecified atom stereocenters. The lowest BCUT2D eigenvalue weighted by molar-refractivity contribution is 0.0675. The van der Waals surface area contributed by atoms with Crippen molar-refractivity contribution < 1.29 is 9.21 Å². The van der Waals surface area contributed by atoms with Crippen LogP contribution in [0.1, 0.15) is 41.4 Å². The average Bonchev–Trinajstić information content (AvgIpc) is 3.19. The Kier molecular flexibility index (Phi) is 4.25. The number of amides is 1. The van der Waals surface area contributed by atoms with E-state index in [1.54, 1.807) is 6.26 Å². The number of likely N-dealkylation sites (tertiary alicyclic amines) is 1. The van der Waals surface area contributed by atoms with Crippen LogP contribution in [-0.2, 0) is 13.0 Å². The number of piperidine rings is 1. The Labute approximate surface area is 148 Å². The molecule has 0 spiro atoms. The standard InChI is InChI=1S/C20H25N3O2/c1-14-11-15-5-2-3-7-18(15)23(14)12-16-8-10-25-19(16)20(24)22-9-4-6-17(21)13-22/h2-3,5,7-8,10,14,17H,4,6,9,11-13,21H2,1H3. The van der Waals surface area contributed by atoms with Gasteiger partial charge in [0.25, 0.3) is 5.91 Å². The van der Waals surface area contributed by atoms with Gasteiger partial charge in [0.05, 0.1) is 6.26 Å². The third-order valence-corrected chi connectivity index (χ3v) is 5.38. The maximum atomic E-state index is 12.9. The number of carbonyl (C=O) groups excluding carboxylic acids is 1. The summed E-state index contributed by atoms with van der Waals surface area (Å²) in [5.74, 6) is 0.431. The maximum absolute atomic E-state index is 12.9. The second-order valence-corrected chi connectivity index (χ2v) is 7.24. The van der Waals surface area contributed by atoms with Crippen molar-refractivity contribution in [3.63, 3.8) is 0 Å². The number of furan rings is 1. The van der Waals surface area contributed by atoms with E-state index in [9.17, 15) is 4.79 Å². The Balaban J connectivity index is 1.55. The van der Waals surface area contributed by atoms with E-state index in [-0.39, 0.29) is 11.9 Å². The molecule has 2 aromatic rings. The van der Waals surface area contributed by atoms with Crippen molar-refractivity contribution in [1.82, 2.24) is 4.90 Å². The highest BCUT2D eigenvalue weighted by atomic mass is 16.3. The molecule has 0 aliphatic carbocycles. The van der Waals surface area contributed by atoms with Gasteiger partial charge in [-0.2, -0.15) is 0 Å². The topological polar surface area (TPSA) is 62.7 Å². The van der Waals surface area contributed by atoms with Gasteiger partial charge in [-0.05, 0) is 43.9 Å². The third kappa shape index (κ3) is 3.04. The van der Waals surface area contributed by atoms with E-state index in [1.165, 1.54) is 11.3 Å². The minimum absolute atomic E-state index is 0.0321. The van der Waals surface area contributed by atoms with Crippen LogP contribution in [0, 0.1) is 0 Å². The third-order valence-electron chi connectivity index (χ3n) is 5.38. The van der Waals surface area contributed by atoms with Gasteiger partial charge in [0.2, 0.25) is 0 Å². The van der Waals surface area contributed by atoms with E-state index in [1.807, 2.05) is 11.0 Å². The first kappa shape index (κ1) is 16.2. The number of nitrogens with zero attached hydrogens (tertiary/aromatic N) is 2. The van der Waals surface area contributed by atoms with Crippen molar-refractivity contribution in [2.45, 2.75) is 44.8 Å². The Bertz CT molecular complexity index is 770. The molecular weight excluding hydrogens is 314 g/mol. The molecule has 2 N–H and O–H groups in total. The van der Waals surface area contributed by atoms with Crippen LogP contribution in [0.25, 0.3) is 0 Å². The highest BCUT2D eigenvalue weighted by Gasteiger charge is 2.30. The molecular formula is C20H25N3O2. The van der Waals surface area contributed by atoms with Gasteiger partial charge >= 0.3 is 0 Å². The van der Waals surface area contributed by atoms with E-state index < -0.39 is 0 Å². The molecule has 2 aliphatic rings. The summed E-state index contributed by atoms with van der Waals surface area (Å²) in [6.45, 7) is 4.29. The van der Waals surface area contributed by atoms with E-state index in [2.05, 4.69) is 36.1 Å².